The van der Waals surface area contributed by atoms with Crippen molar-refractivity contribution in [3.8, 4) is 0 Å². The molecule has 0 saturated carbocycles. The van der Waals surface area contributed by atoms with Gasteiger partial charge in [0.25, 0.3) is 40.5 Å². The highest BCUT2D eigenvalue weighted by Gasteiger charge is 2.46. The number of hydrogen-bond donors (Lipinski definition) is 7. The Morgan fingerprint density at radius 2 is 1.36 bits per heavy atom. The molecule has 7 N–H and O–H groups in total. The molecule has 0 aromatic heterocycles. The van der Waals surface area contributed by atoms with Gasteiger partial charge < -0.3 is 10.0 Å². The van der Waals surface area contributed by atoms with Crippen LogP contribution >= 0.6 is 24.1 Å². The maximum Gasteiger partial charge on any atom is 0.303 e. The summed E-state index contributed by atoms with van der Waals surface area (Å²) in [4.78, 5) is 13.0. The van der Waals surface area contributed by atoms with Gasteiger partial charge in [0.05, 0.1) is 45.9 Å². The lowest BCUT2D eigenvalue weighted by molar-refractivity contribution is -0.438. The minimum absolute atomic E-state index is 0.0611. The molecule has 0 aliphatic carbocycles. The molecule has 0 spiro atoms. The zero-order valence-electron chi connectivity index (χ0n) is 42.1. The number of fused-ring (bicyclic) bond motifs is 6. The predicted molar refractivity (Wildman–Crippen MR) is 291 cm³/mol. The van der Waals surface area contributed by atoms with Crippen LogP contribution in [0.5, 0.6) is 0 Å². The molecule has 0 radical (unpaired) electrons. The zero-order valence-corrected chi connectivity index (χ0v) is 47.0. The number of carboxylic acids is 1. The fraction of sp³-hybridized carbons (Fsp3) is 0.320. The van der Waals surface area contributed by atoms with Crippen molar-refractivity contribution >= 4 is 115 Å². The van der Waals surface area contributed by atoms with Gasteiger partial charge in [-0.25, -0.2) is 10.5 Å². The minimum atomic E-state index is -4.86. The monoisotopic (exact) mass is 1200 g/mol. The first-order valence-corrected chi connectivity index (χ1v) is 31.3. The van der Waals surface area contributed by atoms with Gasteiger partial charge in [0.1, 0.15) is 11.4 Å². The van der Waals surface area contributed by atoms with E-state index >= 15 is 0 Å². The number of rotatable bonds is 25. The second kappa shape index (κ2) is 23.9. The molecule has 0 fully saturated rings. The average molecular weight is 1200 g/mol. The van der Waals surface area contributed by atoms with E-state index in [-0.39, 0.29) is 66.8 Å². The molecule has 22 nitrogen and oxygen atoms in total. The van der Waals surface area contributed by atoms with E-state index in [1.807, 2.05) is 73.6 Å². The lowest BCUT2D eigenvalue weighted by Gasteiger charge is -2.27. The predicted octanol–water partition coefficient (Wildman–Crippen LogP) is 9.39. The fourth-order valence-corrected chi connectivity index (χ4v) is 13.7. The van der Waals surface area contributed by atoms with Gasteiger partial charge >= 0.3 is 5.97 Å². The van der Waals surface area contributed by atoms with E-state index in [1.54, 1.807) is 36.4 Å². The Morgan fingerprint density at radius 1 is 0.705 bits per heavy atom. The minimum Gasteiger partial charge on any atom is -0.481 e. The van der Waals surface area contributed by atoms with Crippen LogP contribution < -0.4 is 4.90 Å². The molecule has 28 heteroatoms. The Balaban J connectivity index is 1.46. The number of anilines is 1. The summed E-state index contributed by atoms with van der Waals surface area (Å²) < 4.78 is 150. The lowest BCUT2D eigenvalue weighted by atomic mass is 9.78. The maximum atomic E-state index is 12.9. The molecule has 0 bridgehead atoms. The van der Waals surface area contributed by atoms with E-state index < -0.39 is 78.6 Å². The van der Waals surface area contributed by atoms with E-state index in [0.717, 1.165) is 12.1 Å². The highest BCUT2D eigenvalue weighted by molar-refractivity contribution is 7.95. The van der Waals surface area contributed by atoms with Crippen LogP contribution in [0.3, 0.4) is 0 Å². The summed E-state index contributed by atoms with van der Waals surface area (Å²) in [5.74, 6) is -2.05. The summed E-state index contributed by atoms with van der Waals surface area (Å²) in [6, 6.07) is 19.0. The van der Waals surface area contributed by atoms with Gasteiger partial charge in [0.2, 0.25) is 5.69 Å². The van der Waals surface area contributed by atoms with E-state index in [4.69, 9.17) is 14.8 Å². The molecule has 2 heterocycles. The first kappa shape index (κ1) is 60.5. The number of nitrogens with zero attached hydrogens (tertiary/aromatic N) is 2. The number of carbonyl (C=O) groups is 1. The number of unbranched alkanes of at least 4 members (excludes halogenated alkanes) is 2. The van der Waals surface area contributed by atoms with Gasteiger partial charge in [-0.05, 0) is 127 Å². The number of aryl methyl sites for hydroxylation is 1. The average Bonchev–Trinajstić information content (AvgIpc) is 3.97. The van der Waals surface area contributed by atoms with Gasteiger partial charge in [0, 0.05) is 69.1 Å². The first-order chi connectivity index (χ1) is 36.5. The third-order valence-corrected chi connectivity index (χ3v) is 18.0. The van der Waals surface area contributed by atoms with Gasteiger partial charge in [-0.1, -0.05) is 60.3 Å². The normalized spacial score (nSPS) is 16.3. The van der Waals surface area contributed by atoms with Crippen LogP contribution in [-0.2, 0) is 81.3 Å². The molecule has 78 heavy (non-hydrogen) atoms. The summed E-state index contributed by atoms with van der Waals surface area (Å²) in [6.07, 6.45) is 7.92. The molecule has 0 atom stereocenters. The van der Waals surface area contributed by atoms with Gasteiger partial charge in [-0.15, -0.1) is 8.67 Å². The molecule has 7 rings (SSSR count). The van der Waals surface area contributed by atoms with Crippen molar-refractivity contribution in [1.29, 1.82) is 0 Å². The molecule has 0 unspecified atom stereocenters. The van der Waals surface area contributed by atoms with Gasteiger partial charge in [-0.2, -0.15) is 38.2 Å². The fourth-order valence-electron chi connectivity index (χ4n) is 10.2. The van der Waals surface area contributed by atoms with Crippen molar-refractivity contribution in [2.24, 2.45) is 0 Å². The third-order valence-electron chi connectivity index (χ3n) is 13.5. The zero-order chi connectivity index (χ0) is 57.2. The molecule has 0 amide bonds. The van der Waals surface area contributed by atoms with Crippen molar-refractivity contribution in [2.45, 2.75) is 96.6 Å². The molecule has 420 valence electrons. The smallest absolute Gasteiger partial charge is 0.303 e. The summed E-state index contributed by atoms with van der Waals surface area (Å²) in [6.45, 7) is 7.90. The van der Waals surface area contributed by atoms with Crippen LogP contribution in [0.1, 0.15) is 82.1 Å². The van der Waals surface area contributed by atoms with Crippen LogP contribution in [0.4, 0.5) is 11.4 Å². The van der Waals surface area contributed by atoms with Gasteiger partial charge in [-0.3, -0.25) is 23.0 Å². The number of allylic oxidation sites excluding steroid dienone is 6. The summed E-state index contributed by atoms with van der Waals surface area (Å²) in [5, 5.41) is 36.5. The topological polar surface area (TPSA) is 338 Å². The van der Waals surface area contributed by atoms with Crippen molar-refractivity contribution in [1.82, 2.24) is 0 Å². The van der Waals surface area contributed by atoms with Crippen molar-refractivity contribution < 1.29 is 95.6 Å². The van der Waals surface area contributed by atoms with E-state index in [0.29, 0.717) is 90.9 Å². The largest absolute Gasteiger partial charge is 0.481 e. The van der Waals surface area contributed by atoms with Gasteiger partial charge in [0.15, 0.2) is 5.71 Å². The van der Waals surface area contributed by atoms with Crippen molar-refractivity contribution in [3.63, 3.8) is 0 Å². The molecular weight excluding hydrogens is 1140 g/mol. The van der Waals surface area contributed by atoms with Crippen molar-refractivity contribution in [3.05, 3.63) is 125 Å². The quantitative estimate of drug-likeness (QED) is 0.00544. The maximum absolute atomic E-state index is 12.9. The Kier molecular flexibility index (Phi) is 18.6. The molecule has 0 saturated heterocycles. The molecule has 5 aromatic carbocycles. The number of aliphatic carboxylic acids is 1. The summed E-state index contributed by atoms with van der Waals surface area (Å²) >= 11 is 0.963. The standard InChI is InChI=1S/C50H54N2O20S6/c1-49(2)44(52(23-6-8-25-76(60,61)62)41-18-16-37-38(47(41)49)27-34(73-71-69-55)28-43(37)78(66,67)68)19-13-32(33-11-9-10-31(26-33)12-21-46(53)54)14-20-45-50(3,4)48-39-29-35(77(63,64)65)30-42(74-72-70-56)36(39)15-17-40(48)51(45)22-5-7-24-75(57,58)59/h9-11,13-20,26-30H,5-8,12,21-25H2,1-4H3,(H6-,53,54,55,56,57,58,59,60,61,62,63,64,65,66,67,68)/p+1. The Hall–Kier alpha value is -5.12. The lowest BCUT2D eigenvalue weighted by Crippen LogP contribution is -2.28. The number of hydrogen-bond acceptors (Lipinski definition) is 18. The summed E-state index contributed by atoms with van der Waals surface area (Å²) in [5.41, 5.74) is 3.43. The van der Waals surface area contributed by atoms with E-state index in [9.17, 15) is 61.8 Å². The van der Waals surface area contributed by atoms with Crippen LogP contribution in [0.2, 0.25) is 0 Å². The SMILES string of the molecule is CC1(C)C(/C=C/C(=C/C=C2/N(CCCCS(=O)(=O)O)c3ccc4c(S(=O)(=O)O)cc(SOOO)cc4c3C2(C)C)c2cccc(CCC(=O)O)c2)=[N+](CCCCS(=O)(=O)O)c2ccc3c(SOOO)cc(S(=O)(=O)O)cc3c21. The van der Waals surface area contributed by atoms with E-state index in [1.165, 1.54) is 12.1 Å². The molecular formula is C50H55N2O20S6+. The second-order valence-corrected chi connectivity index (χ2v) is 26.9. The highest BCUT2D eigenvalue weighted by Crippen LogP contribution is 2.53. The van der Waals surface area contributed by atoms with E-state index in [2.05, 4.69) is 14.4 Å². The van der Waals surface area contributed by atoms with Crippen LogP contribution in [-0.4, -0.2) is 108 Å². The Bertz CT molecular complexity index is 3780. The molecule has 2 aliphatic heterocycles. The highest BCUT2D eigenvalue weighted by atomic mass is 32.2. The second-order valence-electron chi connectivity index (χ2n) is 19.4. The Labute approximate surface area is 458 Å². The van der Waals surface area contributed by atoms with Crippen LogP contribution in [0.25, 0.3) is 27.1 Å². The summed E-state index contributed by atoms with van der Waals surface area (Å²) in [7, 11) is -18.3. The molecule has 2 aliphatic rings. The number of benzene rings is 5. The first-order valence-electron chi connectivity index (χ1n) is 23.7. The third kappa shape index (κ3) is 13.9. The van der Waals surface area contributed by atoms with Crippen molar-refractivity contribution in [2.75, 3.05) is 29.5 Å². The molecule has 5 aromatic rings. The van der Waals surface area contributed by atoms with Crippen LogP contribution in [0, 0.1) is 0 Å². The van der Waals surface area contributed by atoms with Crippen LogP contribution in [0.15, 0.2) is 122 Å². The Morgan fingerprint density at radius 3 is 2.00 bits per heavy atom. The number of carboxylic acid groups (broad SMARTS) is 1.